The van der Waals surface area contributed by atoms with Crippen molar-refractivity contribution in [2.45, 2.75) is 57.4 Å². The number of halogens is 1. The van der Waals surface area contributed by atoms with E-state index in [4.69, 9.17) is 14.2 Å². The normalized spacial score (nSPS) is 35.9. The van der Waals surface area contributed by atoms with Crippen LogP contribution in [-0.2, 0) is 23.8 Å². The van der Waals surface area contributed by atoms with Gasteiger partial charge in [-0.25, -0.2) is 0 Å². The lowest BCUT2D eigenvalue weighted by molar-refractivity contribution is -0.206. The Labute approximate surface area is 115 Å². The number of ether oxygens (including phenoxy) is 3. The molecule has 0 amide bonds. The van der Waals surface area contributed by atoms with E-state index in [1.165, 1.54) is 13.8 Å². The molecule has 0 spiro atoms. The van der Waals surface area contributed by atoms with Crippen LogP contribution in [0.15, 0.2) is 0 Å². The topological polar surface area (TPSA) is 61.8 Å². The Kier molecular flexibility index (Phi) is 5.59. The average Bonchev–Trinajstić information content (AvgIpc) is 2.27. The van der Waals surface area contributed by atoms with E-state index in [1.807, 2.05) is 13.8 Å². The number of alkyl halides is 1. The minimum Gasteiger partial charge on any atom is -0.458 e. The Hall–Kier alpha value is -0.620. The van der Waals surface area contributed by atoms with E-state index < -0.39 is 23.2 Å². The monoisotopic (exact) mass is 322 g/mol. The fourth-order valence-electron chi connectivity index (χ4n) is 2.17. The quantitative estimate of drug-likeness (QED) is 0.587. The highest BCUT2D eigenvalue weighted by Crippen LogP contribution is 2.34. The van der Waals surface area contributed by atoms with Crippen molar-refractivity contribution in [2.24, 2.45) is 5.92 Å². The van der Waals surface area contributed by atoms with Gasteiger partial charge in [-0.15, -0.1) is 0 Å². The van der Waals surface area contributed by atoms with Crippen molar-refractivity contribution in [1.29, 1.82) is 0 Å². The van der Waals surface area contributed by atoms with E-state index in [9.17, 15) is 9.59 Å². The van der Waals surface area contributed by atoms with E-state index in [2.05, 4.69) is 15.9 Å². The Balaban J connectivity index is 2.89. The minimum absolute atomic E-state index is 0.0305. The maximum atomic E-state index is 11.2. The van der Waals surface area contributed by atoms with Crippen LogP contribution in [-0.4, -0.2) is 35.3 Å². The summed E-state index contributed by atoms with van der Waals surface area (Å²) in [5, 5.41) is -0.466. The zero-order chi connectivity index (χ0) is 13.9. The second kappa shape index (κ2) is 6.52. The molecule has 0 saturated carbocycles. The van der Waals surface area contributed by atoms with E-state index in [0.29, 0.717) is 0 Å². The molecule has 104 valence electrons. The summed E-state index contributed by atoms with van der Waals surface area (Å²) >= 11 is 3.33. The Morgan fingerprint density at radius 1 is 1.17 bits per heavy atom. The molecule has 3 unspecified atom stereocenters. The second-order valence-electron chi connectivity index (χ2n) is 4.44. The van der Waals surface area contributed by atoms with Crippen molar-refractivity contribution in [2.75, 3.05) is 0 Å². The molecule has 0 N–H and O–H groups in total. The molecular weight excluding hydrogens is 304 g/mol. The molecule has 1 fully saturated rings. The maximum Gasteiger partial charge on any atom is 0.303 e. The van der Waals surface area contributed by atoms with Gasteiger partial charge in [0.05, 0.1) is 6.10 Å². The van der Waals surface area contributed by atoms with Gasteiger partial charge in [-0.1, -0.05) is 29.8 Å². The molecule has 6 heteroatoms. The summed E-state index contributed by atoms with van der Waals surface area (Å²) in [7, 11) is 0. The van der Waals surface area contributed by atoms with E-state index in [-0.39, 0.29) is 18.0 Å². The smallest absolute Gasteiger partial charge is 0.303 e. The first-order chi connectivity index (χ1) is 8.36. The number of rotatable bonds is 3. The van der Waals surface area contributed by atoms with E-state index >= 15 is 0 Å². The summed E-state index contributed by atoms with van der Waals surface area (Å²) in [6.45, 7) is 6.59. The zero-order valence-electron chi connectivity index (χ0n) is 11.0. The molecule has 0 aromatic carbocycles. The second-order valence-corrected chi connectivity index (χ2v) is 5.34. The molecule has 1 aliphatic rings. The van der Waals surface area contributed by atoms with Crippen molar-refractivity contribution >= 4 is 27.9 Å². The maximum absolute atomic E-state index is 11.2. The highest BCUT2D eigenvalue weighted by Gasteiger charge is 2.46. The predicted octanol–water partition coefficient (Wildman–Crippen LogP) is 2.02. The SMILES string of the molecule is CCC1OC(Br)C(OC(C)=O)[C@H](OC(C)=O)[C@H]1C. The van der Waals surface area contributed by atoms with Crippen molar-refractivity contribution < 1.29 is 23.8 Å². The van der Waals surface area contributed by atoms with Crippen molar-refractivity contribution in [3.05, 3.63) is 0 Å². The van der Waals surface area contributed by atoms with Crippen LogP contribution in [0, 0.1) is 5.92 Å². The van der Waals surface area contributed by atoms with Gasteiger partial charge in [0.25, 0.3) is 0 Å². The van der Waals surface area contributed by atoms with E-state index in [0.717, 1.165) is 6.42 Å². The molecule has 1 aliphatic heterocycles. The first kappa shape index (κ1) is 15.4. The highest BCUT2D eigenvalue weighted by atomic mass is 79.9. The van der Waals surface area contributed by atoms with Crippen molar-refractivity contribution in [3.63, 3.8) is 0 Å². The summed E-state index contributed by atoms with van der Waals surface area (Å²) in [6.07, 6.45) is -0.349. The standard InChI is InChI=1S/C12H19BrO5/c1-5-9-6(2)10(16-7(3)14)11(12(13)18-9)17-8(4)15/h6,9-12H,5H2,1-4H3/t6-,9?,10+,11?,12?/m0/s1. The van der Waals surface area contributed by atoms with Gasteiger partial charge in [0.2, 0.25) is 0 Å². The van der Waals surface area contributed by atoms with Crippen molar-refractivity contribution in [1.82, 2.24) is 0 Å². The number of esters is 2. The molecular formula is C12H19BrO5. The number of hydrogen-bond acceptors (Lipinski definition) is 5. The summed E-state index contributed by atoms with van der Waals surface area (Å²) in [6, 6.07) is 0. The third-order valence-corrected chi connectivity index (χ3v) is 3.73. The van der Waals surface area contributed by atoms with Gasteiger partial charge in [0.15, 0.2) is 11.1 Å². The first-order valence-electron chi connectivity index (χ1n) is 6.00. The van der Waals surface area contributed by atoms with Gasteiger partial charge in [-0.2, -0.15) is 0 Å². The Morgan fingerprint density at radius 2 is 1.67 bits per heavy atom. The molecule has 0 aliphatic carbocycles. The third-order valence-electron chi connectivity index (χ3n) is 3.00. The lowest BCUT2D eigenvalue weighted by Gasteiger charge is -2.42. The Bertz CT molecular complexity index is 320. The van der Waals surface area contributed by atoms with Gasteiger partial charge >= 0.3 is 11.9 Å². The largest absolute Gasteiger partial charge is 0.458 e. The molecule has 0 aromatic heterocycles. The molecule has 1 heterocycles. The fraction of sp³-hybridized carbons (Fsp3) is 0.833. The highest BCUT2D eigenvalue weighted by molar-refractivity contribution is 9.09. The van der Waals surface area contributed by atoms with Gasteiger partial charge in [0.1, 0.15) is 6.10 Å². The number of carbonyl (C=O) groups excluding carboxylic acids is 2. The van der Waals surface area contributed by atoms with Crippen LogP contribution in [0.4, 0.5) is 0 Å². The van der Waals surface area contributed by atoms with Gasteiger partial charge in [-0.05, 0) is 6.42 Å². The fourth-order valence-corrected chi connectivity index (χ4v) is 2.86. The van der Waals surface area contributed by atoms with Crippen LogP contribution in [0.3, 0.4) is 0 Å². The summed E-state index contributed by atoms with van der Waals surface area (Å²) < 4.78 is 16.2. The molecule has 5 atom stereocenters. The third kappa shape index (κ3) is 3.68. The number of hydrogen-bond donors (Lipinski definition) is 0. The lowest BCUT2D eigenvalue weighted by atomic mass is 9.90. The minimum atomic E-state index is -0.621. The molecule has 18 heavy (non-hydrogen) atoms. The molecule has 0 radical (unpaired) electrons. The molecule has 0 aromatic rings. The summed E-state index contributed by atoms with van der Waals surface area (Å²) in [4.78, 5) is 22.3. The Morgan fingerprint density at radius 3 is 2.11 bits per heavy atom. The van der Waals surface area contributed by atoms with Crippen LogP contribution in [0.5, 0.6) is 0 Å². The van der Waals surface area contributed by atoms with Crippen LogP contribution >= 0.6 is 15.9 Å². The van der Waals surface area contributed by atoms with Crippen LogP contribution in [0.25, 0.3) is 0 Å². The summed E-state index contributed by atoms with van der Waals surface area (Å²) in [5.41, 5.74) is 0. The van der Waals surface area contributed by atoms with Gasteiger partial charge in [-0.3, -0.25) is 9.59 Å². The number of carbonyl (C=O) groups is 2. The van der Waals surface area contributed by atoms with Crippen LogP contribution in [0.1, 0.15) is 34.1 Å². The van der Waals surface area contributed by atoms with Gasteiger partial charge in [0, 0.05) is 19.8 Å². The first-order valence-corrected chi connectivity index (χ1v) is 6.92. The molecule has 1 saturated heterocycles. The lowest BCUT2D eigenvalue weighted by Crippen LogP contribution is -2.54. The predicted molar refractivity (Wildman–Crippen MR) is 68.2 cm³/mol. The molecule has 5 nitrogen and oxygen atoms in total. The van der Waals surface area contributed by atoms with Crippen LogP contribution < -0.4 is 0 Å². The van der Waals surface area contributed by atoms with E-state index in [1.54, 1.807) is 0 Å². The van der Waals surface area contributed by atoms with Crippen molar-refractivity contribution in [3.8, 4) is 0 Å². The summed E-state index contributed by atoms with van der Waals surface area (Å²) in [5.74, 6) is -0.843. The van der Waals surface area contributed by atoms with Gasteiger partial charge < -0.3 is 14.2 Å². The average molecular weight is 323 g/mol. The molecule has 0 bridgehead atoms. The van der Waals surface area contributed by atoms with Crippen LogP contribution in [0.2, 0.25) is 0 Å². The molecule has 1 rings (SSSR count). The zero-order valence-corrected chi connectivity index (χ0v) is 12.6.